The maximum atomic E-state index is 11.6. The second kappa shape index (κ2) is 5.11. The van der Waals surface area contributed by atoms with Crippen LogP contribution in [-0.2, 0) is 9.59 Å². The highest BCUT2D eigenvalue weighted by Crippen LogP contribution is 2.14. The van der Waals surface area contributed by atoms with E-state index in [1.54, 1.807) is 0 Å². The van der Waals surface area contributed by atoms with Crippen molar-refractivity contribution in [2.45, 2.75) is 38.8 Å². The Labute approximate surface area is 89.2 Å². The van der Waals surface area contributed by atoms with E-state index in [9.17, 15) is 9.59 Å². The molecule has 0 bridgehead atoms. The standard InChI is InChI=1S/C10H18N2O3/c1-6-3-4-11-8(5-6)9(13)12-7(2)10(14)15/h6-8,11H,3-5H2,1-2H3,(H,12,13)(H,14,15). The molecule has 0 spiro atoms. The molecule has 0 aromatic rings. The molecular weight excluding hydrogens is 196 g/mol. The second-order valence-electron chi connectivity index (χ2n) is 4.20. The van der Waals surface area contributed by atoms with Gasteiger partial charge in [-0.15, -0.1) is 0 Å². The van der Waals surface area contributed by atoms with Gasteiger partial charge in [-0.2, -0.15) is 0 Å². The summed E-state index contributed by atoms with van der Waals surface area (Å²) in [7, 11) is 0. The molecule has 3 atom stereocenters. The molecule has 1 aliphatic rings. The number of carboxylic acid groups (broad SMARTS) is 1. The molecule has 15 heavy (non-hydrogen) atoms. The summed E-state index contributed by atoms with van der Waals surface area (Å²) in [5.74, 6) is -0.703. The molecule has 0 aromatic heterocycles. The lowest BCUT2D eigenvalue weighted by atomic mass is 9.94. The van der Waals surface area contributed by atoms with E-state index in [-0.39, 0.29) is 11.9 Å². The van der Waals surface area contributed by atoms with Crippen molar-refractivity contribution in [3.8, 4) is 0 Å². The number of carboxylic acids is 1. The highest BCUT2D eigenvalue weighted by Gasteiger charge is 2.26. The number of hydrogen-bond donors (Lipinski definition) is 3. The SMILES string of the molecule is CC1CCNC(C(=O)NC(C)C(=O)O)C1. The fraction of sp³-hybridized carbons (Fsp3) is 0.800. The Morgan fingerprint density at radius 1 is 1.53 bits per heavy atom. The molecular formula is C10H18N2O3. The third-order valence-electron chi connectivity index (χ3n) is 2.71. The predicted molar refractivity (Wildman–Crippen MR) is 55.4 cm³/mol. The van der Waals surface area contributed by atoms with Crippen molar-refractivity contribution >= 4 is 11.9 Å². The maximum Gasteiger partial charge on any atom is 0.325 e. The van der Waals surface area contributed by atoms with Crippen LogP contribution in [0.25, 0.3) is 0 Å². The van der Waals surface area contributed by atoms with Gasteiger partial charge in [0.1, 0.15) is 6.04 Å². The van der Waals surface area contributed by atoms with Crippen molar-refractivity contribution in [2.75, 3.05) is 6.54 Å². The number of nitrogens with one attached hydrogen (secondary N) is 2. The summed E-state index contributed by atoms with van der Waals surface area (Å²) in [6, 6.07) is -1.06. The molecule has 1 saturated heterocycles. The summed E-state index contributed by atoms with van der Waals surface area (Å²) >= 11 is 0. The fourth-order valence-corrected chi connectivity index (χ4v) is 1.68. The van der Waals surface area contributed by atoms with E-state index in [1.165, 1.54) is 6.92 Å². The molecule has 1 aliphatic heterocycles. The molecule has 5 nitrogen and oxygen atoms in total. The van der Waals surface area contributed by atoms with Crippen molar-refractivity contribution < 1.29 is 14.7 Å². The van der Waals surface area contributed by atoms with Crippen LogP contribution in [0.3, 0.4) is 0 Å². The molecule has 0 aliphatic carbocycles. The first-order chi connectivity index (χ1) is 7.00. The Kier molecular flexibility index (Phi) is 4.08. The van der Waals surface area contributed by atoms with Gasteiger partial charge in [0.25, 0.3) is 0 Å². The number of amides is 1. The molecule has 3 unspecified atom stereocenters. The van der Waals surface area contributed by atoms with Crippen LogP contribution in [0.4, 0.5) is 0 Å². The van der Waals surface area contributed by atoms with E-state index in [1.807, 2.05) is 0 Å². The van der Waals surface area contributed by atoms with Gasteiger partial charge < -0.3 is 15.7 Å². The summed E-state index contributed by atoms with van der Waals surface area (Å²) in [5.41, 5.74) is 0. The van der Waals surface area contributed by atoms with Crippen LogP contribution in [0.15, 0.2) is 0 Å². The summed E-state index contributed by atoms with van der Waals surface area (Å²) in [5, 5.41) is 14.2. The average molecular weight is 214 g/mol. The van der Waals surface area contributed by atoms with E-state index in [4.69, 9.17) is 5.11 Å². The molecule has 0 radical (unpaired) electrons. The second-order valence-corrected chi connectivity index (χ2v) is 4.20. The van der Waals surface area contributed by atoms with Crippen LogP contribution in [-0.4, -0.2) is 35.6 Å². The first kappa shape index (κ1) is 12.0. The van der Waals surface area contributed by atoms with Gasteiger partial charge in [-0.25, -0.2) is 0 Å². The van der Waals surface area contributed by atoms with Crippen molar-refractivity contribution in [2.24, 2.45) is 5.92 Å². The Hall–Kier alpha value is -1.10. The Morgan fingerprint density at radius 3 is 2.73 bits per heavy atom. The van der Waals surface area contributed by atoms with Crippen LogP contribution in [0.1, 0.15) is 26.7 Å². The molecule has 1 rings (SSSR count). The number of aliphatic carboxylic acids is 1. The minimum absolute atomic E-state index is 0.212. The Bertz CT molecular complexity index is 255. The van der Waals surface area contributed by atoms with Gasteiger partial charge in [-0.05, 0) is 32.2 Å². The van der Waals surface area contributed by atoms with E-state index in [2.05, 4.69) is 17.6 Å². The molecule has 1 amide bonds. The average Bonchev–Trinajstić information content (AvgIpc) is 2.17. The zero-order valence-electron chi connectivity index (χ0n) is 9.12. The van der Waals surface area contributed by atoms with E-state index >= 15 is 0 Å². The topological polar surface area (TPSA) is 78.4 Å². The normalized spacial score (nSPS) is 28.1. The van der Waals surface area contributed by atoms with Gasteiger partial charge in [-0.3, -0.25) is 9.59 Å². The lowest BCUT2D eigenvalue weighted by Crippen LogP contribution is -2.51. The largest absolute Gasteiger partial charge is 0.480 e. The van der Waals surface area contributed by atoms with E-state index in [0.717, 1.165) is 19.4 Å². The van der Waals surface area contributed by atoms with Gasteiger partial charge in [0.05, 0.1) is 6.04 Å². The van der Waals surface area contributed by atoms with Crippen molar-refractivity contribution in [3.05, 3.63) is 0 Å². The number of hydrogen-bond acceptors (Lipinski definition) is 3. The molecule has 1 fully saturated rings. The fourth-order valence-electron chi connectivity index (χ4n) is 1.68. The van der Waals surface area contributed by atoms with Crippen LogP contribution in [0.2, 0.25) is 0 Å². The third kappa shape index (κ3) is 3.51. The molecule has 86 valence electrons. The van der Waals surface area contributed by atoms with Gasteiger partial charge in [0.2, 0.25) is 5.91 Å². The zero-order chi connectivity index (χ0) is 11.4. The molecule has 0 saturated carbocycles. The summed E-state index contributed by atoms with van der Waals surface area (Å²) in [4.78, 5) is 22.2. The minimum Gasteiger partial charge on any atom is -0.480 e. The first-order valence-electron chi connectivity index (χ1n) is 5.27. The number of piperidine rings is 1. The van der Waals surface area contributed by atoms with Crippen molar-refractivity contribution in [1.82, 2.24) is 10.6 Å². The predicted octanol–water partition coefficient (Wildman–Crippen LogP) is -0.0362. The Balaban J connectivity index is 2.42. The van der Waals surface area contributed by atoms with Crippen LogP contribution >= 0.6 is 0 Å². The smallest absolute Gasteiger partial charge is 0.325 e. The molecule has 5 heteroatoms. The van der Waals surface area contributed by atoms with Crippen LogP contribution in [0, 0.1) is 5.92 Å². The van der Waals surface area contributed by atoms with Crippen molar-refractivity contribution in [1.29, 1.82) is 0 Å². The number of carbonyl (C=O) groups excluding carboxylic acids is 1. The summed E-state index contributed by atoms with van der Waals surface area (Å²) in [6.07, 6.45) is 1.84. The summed E-state index contributed by atoms with van der Waals surface area (Å²) in [6.45, 7) is 4.38. The molecule has 1 heterocycles. The van der Waals surface area contributed by atoms with Gasteiger partial charge in [0, 0.05) is 0 Å². The lowest BCUT2D eigenvalue weighted by molar-refractivity contribution is -0.141. The first-order valence-corrected chi connectivity index (χ1v) is 5.27. The number of carbonyl (C=O) groups is 2. The van der Waals surface area contributed by atoms with Crippen molar-refractivity contribution in [3.63, 3.8) is 0 Å². The maximum absolute atomic E-state index is 11.6. The zero-order valence-corrected chi connectivity index (χ0v) is 9.12. The van der Waals surface area contributed by atoms with Crippen LogP contribution in [0.5, 0.6) is 0 Å². The summed E-state index contributed by atoms with van der Waals surface area (Å²) < 4.78 is 0. The van der Waals surface area contributed by atoms with Gasteiger partial charge >= 0.3 is 5.97 Å². The van der Waals surface area contributed by atoms with E-state index < -0.39 is 12.0 Å². The lowest BCUT2D eigenvalue weighted by Gasteiger charge is -2.27. The van der Waals surface area contributed by atoms with Gasteiger partial charge in [0.15, 0.2) is 0 Å². The minimum atomic E-state index is -1.01. The highest BCUT2D eigenvalue weighted by atomic mass is 16.4. The number of rotatable bonds is 3. The quantitative estimate of drug-likeness (QED) is 0.616. The monoisotopic (exact) mass is 214 g/mol. The molecule has 0 aromatic carbocycles. The van der Waals surface area contributed by atoms with Crippen LogP contribution < -0.4 is 10.6 Å². The Morgan fingerprint density at radius 2 is 2.20 bits per heavy atom. The van der Waals surface area contributed by atoms with E-state index in [0.29, 0.717) is 5.92 Å². The van der Waals surface area contributed by atoms with Gasteiger partial charge in [-0.1, -0.05) is 6.92 Å². The molecule has 3 N–H and O–H groups in total. The highest BCUT2D eigenvalue weighted by molar-refractivity contribution is 5.86. The third-order valence-corrected chi connectivity index (χ3v) is 2.71.